The Morgan fingerprint density at radius 3 is 2.57 bits per heavy atom. The first-order chi connectivity index (χ1) is 10.1. The maximum atomic E-state index is 12.6. The fourth-order valence-corrected chi connectivity index (χ4v) is 5.41. The first-order valence-corrected chi connectivity index (χ1v) is 8.36. The predicted molar refractivity (Wildman–Crippen MR) is 82.0 cm³/mol. The van der Waals surface area contributed by atoms with E-state index in [0.717, 1.165) is 36.2 Å². The van der Waals surface area contributed by atoms with Gasteiger partial charge in [-0.05, 0) is 74.8 Å². The van der Waals surface area contributed by atoms with Crippen LogP contribution in [-0.4, -0.2) is 11.6 Å². The molecule has 4 aliphatic rings. The van der Waals surface area contributed by atoms with Crippen LogP contribution in [0.4, 0.5) is 0 Å². The lowest BCUT2D eigenvalue weighted by Crippen LogP contribution is -2.58. The second-order valence-electron chi connectivity index (χ2n) is 7.72. The average Bonchev–Trinajstić information content (AvgIpc) is 2.43. The van der Waals surface area contributed by atoms with Gasteiger partial charge in [0.15, 0.2) is 0 Å². The van der Waals surface area contributed by atoms with E-state index in [0.29, 0.717) is 11.5 Å². The van der Waals surface area contributed by atoms with E-state index in [2.05, 4.69) is 6.92 Å². The largest absolute Gasteiger partial charge is 0.455 e. The van der Waals surface area contributed by atoms with Crippen LogP contribution < -0.4 is 0 Å². The first-order valence-electron chi connectivity index (χ1n) is 8.36. The quantitative estimate of drug-likeness (QED) is 0.754. The van der Waals surface area contributed by atoms with Crippen LogP contribution in [0.25, 0.3) is 0 Å². The Bertz CT molecular complexity index is 563. The van der Waals surface area contributed by atoms with Crippen molar-refractivity contribution in [2.24, 2.45) is 23.7 Å². The average molecular weight is 284 g/mol. The Kier molecular flexibility index (Phi) is 2.92. The van der Waals surface area contributed by atoms with Gasteiger partial charge in [-0.2, -0.15) is 0 Å². The zero-order valence-corrected chi connectivity index (χ0v) is 13.0. The molecule has 0 aliphatic heterocycles. The smallest absolute Gasteiger partial charge is 0.338 e. The van der Waals surface area contributed by atoms with Crippen LogP contribution in [0.3, 0.4) is 0 Å². The van der Waals surface area contributed by atoms with Crippen LogP contribution in [0.2, 0.25) is 0 Å². The lowest BCUT2D eigenvalue weighted by Gasteiger charge is -2.59. The highest BCUT2D eigenvalue weighted by Crippen LogP contribution is 2.59. The number of carbonyl (C=O) groups is 1. The van der Waals surface area contributed by atoms with Gasteiger partial charge in [0, 0.05) is 0 Å². The molecular weight excluding hydrogens is 260 g/mol. The zero-order valence-electron chi connectivity index (χ0n) is 13.0. The highest BCUT2D eigenvalue weighted by atomic mass is 16.6. The molecule has 1 aromatic carbocycles. The first kappa shape index (κ1) is 13.4. The number of benzene rings is 1. The highest BCUT2D eigenvalue weighted by molar-refractivity contribution is 5.90. The summed E-state index contributed by atoms with van der Waals surface area (Å²) >= 11 is 0. The summed E-state index contributed by atoms with van der Waals surface area (Å²) in [5.41, 5.74) is 1.65. The molecule has 0 spiro atoms. The van der Waals surface area contributed by atoms with E-state index in [1.54, 1.807) is 0 Å². The van der Waals surface area contributed by atoms with Crippen molar-refractivity contribution in [1.82, 2.24) is 0 Å². The zero-order chi connectivity index (χ0) is 14.6. The molecule has 2 nitrogen and oxygen atoms in total. The minimum Gasteiger partial charge on any atom is -0.455 e. The molecule has 0 N–H and O–H groups in total. The minimum atomic E-state index is -0.171. The lowest BCUT2D eigenvalue weighted by molar-refractivity contribution is -0.168. The summed E-state index contributed by atoms with van der Waals surface area (Å²) in [6.07, 6.45) is 6.28. The number of carbonyl (C=O) groups excluding carboxylic acids is 1. The molecule has 4 fully saturated rings. The fourth-order valence-electron chi connectivity index (χ4n) is 5.41. The van der Waals surface area contributed by atoms with Crippen LogP contribution in [-0.2, 0) is 4.74 Å². The molecular formula is C19H24O2. The molecule has 4 bridgehead atoms. The van der Waals surface area contributed by atoms with Crippen LogP contribution in [0.5, 0.6) is 0 Å². The molecule has 3 atom stereocenters. The lowest BCUT2D eigenvalue weighted by atomic mass is 9.50. The molecule has 0 heterocycles. The standard InChI is InChI=1S/C19H24O2/c1-12-4-3-5-16(6-12)18(20)21-19-10-14-7-15(11-19)9-17(8-14)13(19)2/h3-6,13-15,17H,7-11H2,1-2H3. The van der Waals surface area contributed by atoms with Gasteiger partial charge in [0.1, 0.15) is 5.60 Å². The normalized spacial score (nSPS) is 40.3. The van der Waals surface area contributed by atoms with E-state index >= 15 is 0 Å². The molecule has 0 radical (unpaired) electrons. The van der Waals surface area contributed by atoms with E-state index < -0.39 is 0 Å². The molecule has 5 rings (SSSR count). The van der Waals surface area contributed by atoms with Crippen molar-refractivity contribution in [1.29, 1.82) is 0 Å². The van der Waals surface area contributed by atoms with E-state index in [9.17, 15) is 4.79 Å². The maximum absolute atomic E-state index is 12.6. The van der Waals surface area contributed by atoms with Crippen LogP contribution in [0, 0.1) is 30.6 Å². The molecule has 1 aromatic rings. The summed E-state index contributed by atoms with van der Waals surface area (Å²) < 4.78 is 6.17. The van der Waals surface area contributed by atoms with Gasteiger partial charge in [-0.15, -0.1) is 0 Å². The Labute approximate surface area is 126 Å². The van der Waals surface area contributed by atoms with Gasteiger partial charge in [-0.3, -0.25) is 0 Å². The Balaban J connectivity index is 1.60. The summed E-state index contributed by atoms with van der Waals surface area (Å²) in [6.45, 7) is 4.33. The molecule has 0 amide bonds. The van der Waals surface area contributed by atoms with Crippen molar-refractivity contribution < 1.29 is 9.53 Å². The second-order valence-corrected chi connectivity index (χ2v) is 7.72. The van der Waals surface area contributed by atoms with Crippen LogP contribution in [0.15, 0.2) is 24.3 Å². The van der Waals surface area contributed by atoms with Crippen molar-refractivity contribution in [3.05, 3.63) is 35.4 Å². The number of hydrogen-bond acceptors (Lipinski definition) is 2. The molecule has 112 valence electrons. The number of ether oxygens (including phenoxy) is 1. The number of esters is 1. The highest BCUT2D eigenvalue weighted by Gasteiger charge is 2.57. The van der Waals surface area contributed by atoms with Crippen molar-refractivity contribution >= 4 is 5.97 Å². The van der Waals surface area contributed by atoms with Crippen molar-refractivity contribution in [3.63, 3.8) is 0 Å². The molecule has 0 saturated heterocycles. The predicted octanol–water partition coefficient (Wildman–Crippen LogP) is 4.37. The summed E-state index contributed by atoms with van der Waals surface area (Å²) in [4.78, 5) is 12.6. The SMILES string of the molecule is Cc1cccc(C(=O)OC23CC4CC(CC(C4)C2C)C3)c1. The summed E-state index contributed by atoms with van der Waals surface area (Å²) in [5, 5.41) is 0. The van der Waals surface area contributed by atoms with E-state index in [4.69, 9.17) is 4.74 Å². The van der Waals surface area contributed by atoms with Crippen molar-refractivity contribution in [2.45, 2.75) is 51.6 Å². The molecule has 4 aliphatic carbocycles. The third-order valence-corrected chi connectivity index (χ3v) is 6.29. The Hall–Kier alpha value is -1.31. The second kappa shape index (κ2) is 4.59. The van der Waals surface area contributed by atoms with Gasteiger partial charge >= 0.3 is 5.97 Å². The number of hydrogen-bond donors (Lipinski definition) is 0. The number of aryl methyl sites for hydroxylation is 1. The molecule has 21 heavy (non-hydrogen) atoms. The number of rotatable bonds is 2. The van der Waals surface area contributed by atoms with E-state index in [1.165, 1.54) is 19.3 Å². The Morgan fingerprint density at radius 1 is 1.19 bits per heavy atom. The monoisotopic (exact) mass is 284 g/mol. The van der Waals surface area contributed by atoms with Crippen molar-refractivity contribution in [2.75, 3.05) is 0 Å². The van der Waals surface area contributed by atoms with Gasteiger partial charge in [0.25, 0.3) is 0 Å². The van der Waals surface area contributed by atoms with Crippen molar-refractivity contribution in [3.8, 4) is 0 Å². The summed E-state index contributed by atoms with van der Waals surface area (Å²) in [7, 11) is 0. The fraction of sp³-hybridized carbons (Fsp3) is 0.632. The van der Waals surface area contributed by atoms with Gasteiger partial charge in [0.2, 0.25) is 0 Å². The third kappa shape index (κ3) is 2.11. The van der Waals surface area contributed by atoms with Crippen LogP contribution >= 0.6 is 0 Å². The molecule has 0 aromatic heterocycles. The summed E-state index contributed by atoms with van der Waals surface area (Å²) in [5.74, 6) is 2.78. The maximum Gasteiger partial charge on any atom is 0.338 e. The van der Waals surface area contributed by atoms with Gasteiger partial charge in [-0.25, -0.2) is 4.79 Å². The minimum absolute atomic E-state index is 0.118. The van der Waals surface area contributed by atoms with E-state index in [-0.39, 0.29) is 11.6 Å². The van der Waals surface area contributed by atoms with Crippen LogP contribution in [0.1, 0.15) is 54.9 Å². The molecule has 2 heteroatoms. The summed E-state index contributed by atoms with van der Waals surface area (Å²) in [6, 6.07) is 7.77. The van der Waals surface area contributed by atoms with Gasteiger partial charge in [0.05, 0.1) is 5.56 Å². The Morgan fingerprint density at radius 2 is 1.90 bits per heavy atom. The molecule has 4 saturated carbocycles. The molecule has 3 unspecified atom stereocenters. The van der Waals surface area contributed by atoms with Gasteiger partial charge < -0.3 is 4.74 Å². The topological polar surface area (TPSA) is 26.3 Å². The van der Waals surface area contributed by atoms with Gasteiger partial charge in [-0.1, -0.05) is 24.6 Å². The third-order valence-electron chi connectivity index (χ3n) is 6.29. The van der Waals surface area contributed by atoms with E-state index in [1.807, 2.05) is 31.2 Å².